The first-order valence-electron chi connectivity index (χ1n) is 7.39. The second-order valence-corrected chi connectivity index (χ2v) is 5.63. The lowest BCUT2D eigenvalue weighted by Gasteiger charge is -2.19. The maximum absolute atomic E-state index is 9.23. The van der Waals surface area contributed by atoms with Gasteiger partial charge in [0.15, 0.2) is 0 Å². The third kappa shape index (κ3) is 3.73. The highest BCUT2D eigenvalue weighted by molar-refractivity contribution is 6.30. The standard InChI is InChI=1S/C18H17ClN2O2/c19-15-6-8-16(9-7-15)20-17(13-4-2-1-3-5-13)18-14(10-11-22)12-23-21-18/h1-9,12,17,20,22H,10-11H2. The summed E-state index contributed by atoms with van der Waals surface area (Å²) in [5.41, 5.74) is 3.67. The monoisotopic (exact) mass is 328 g/mol. The van der Waals surface area contributed by atoms with E-state index in [9.17, 15) is 5.11 Å². The molecule has 0 bridgehead atoms. The Morgan fingerprint density at radius 2 is 1.83 bits per heavy atom. The highest BCUT2D eigenvalue weighted by atomic mass is 35.5. The van der Waals surface area contributed by atoms with Crippen molar-refractivity contribution in [3.63, 3.8) is 0 Å². The van der Waals surface area contributed by atoms with Gasteiger partial charge in [-0.05, 0) is 29.8 Å². The van der Waals surface area contributed by atoms with Crippen LogP contribution in [0.5, 0.6) is 0 Å². The lowest BCUT2D eigenvalue weighted by atomic mass is 9.99. The molecule has 2 N–H and O–H groups in total. The van der Waals surface area contributed by atoms with Crippen LogP contribution in [0.4, 0.5) is 5.69 Å². The van der Waals surface area contributed by atoms with Gasteiger partial charge in [-0.25, -0.2) is 0 Å². The fraction of sp³-hybridized carbons (Fsp3) is 0.167. The summed E-state index contributed by atoms with van der Waals surface area (Å²) in [4.78, 5) is 0. The summed E-state index contributed by atoms with van der Waals surface area (Å²) < 4.78 is 5.14. The van der Waals surface area contributed by atoms with E-state index in [0.717, 1.165) is 22.5 Å². The first-order chi connectivity index (χ1) is 11.3. The summed E-state index contributed by atoms with van der Waals surface area (Å²) in [6.07, 6.45) is 2.09. The molecule has 0 fully saturated rings. The van der Waals surface area contributed by atoms with Crippen molar-refractivity contribution in [2.24, 2.45) is 0 Å². The molecule has 118 valence electrons. The van der Waals surface area contributed by atoms with Gasteiger partial charge in [-0.2, -0.15) is 0 Å². The second kappa shape index (κ2) is 7.31. The van der Waals surface area contributed by atoms with E-state index in [-0.39, 0.29) is 12.6 Å². The van der Waals surface area contributed by atoms with Crippen LogP contribution in [0.15, 0.2) is 65.4 Å². The fourth-order valence-corrected chi connectivity index (χ4v) is 2.61. The first kappa shape index (κ1) is 15.6. The quantitative estimate of drug-likeness (QED) is 0.716. The van der Waals surface area contributed by atoms with E-state index >= 15 is 0 Å². The minimum absolute atomic E-state index is 0.0522. The van der Waals surface area contributed by atoms with Crippen molar-refractivity contribution in [1.29, 1.82) is 0 Å². The number of hydrogen-bond acceptors (Lipinski definition) is 4. The number of hydrogen-bond donors (Lipinski definition) is 2. The van der Waals surface area contributed by atoms with Gasteiger partial charge in [0, 0.05) is 29.3 Å². The lowest BCUT2D eigenvalue weighted by molar-refractivity contribution is 0.299. The molecule has 23 heavy (non-hydrogen) atoms. The normalized spacial score (nSPS) is 12.1. The molecule has 0 radical (unpaired) electrons. The average molecular weight is 329 g/mol. The molecule has 0 amide bonds. The molecule has 0 spiro atoms. The molecule has 4 nitrogen and oxygen atoms in total. The molecular weight excluding hydrogens is 312 g/mol. The second-order valence-electron chi connectivity index (χ2n) is 5.19. The van der Waals surface area contributed by atoms with Crippen LogP contribution >= 0.6 is 11.6 Å². The molecule has 3 rings (SSSR count). The van der Waals surface area contributed by atoms with Crippen LogP contribution in [0, 0.1) is 0 Å². The molecular formula is C18H17ClN2O2. The van der Waals surface area contributed by atoms with Crippen molar-refractivity contribution in [1.82, 2.24) is 5.16 Å². The van der Waals surface area contributed by atoms with Gasteiger partial charge in [-0.15, -0.1) is 0 Å². The fourth-order valence-electron chi connectivity index (χ4n) is 2.48. The molecule has 1 aromatic heterocycles. The SMILES string of the molecule is OCCc1conc1C(Nc1ccc(Cl)cc1)c1ccccc1. The zero-order chi connectivity index (χ0) is 16.1. The summed E-state index contributed by atoms with van der Waals surface area (Å²) in [5, 5.41) is 17.5. The summed E-state index contributed by atoms with van der Waals surface area (Å²) in [6, 6.07) is 17.4. The van der Waals surface area contributed by atoms with Crippen LogP contribution in [0.25, 0.3) is 0 Å². The molecule has 1 atom stereocenters. The van der Waals surface area contributed by atoms with E-state index in [1.54, 1.807) is 6.26 Å². The number of aliphatic hydroxyl groups is 1. The van der Waals surface area contributed by atoms with Gasteiger partial charge in [0.1, 0.15) is 12.0 Å². The Morgan fingerprint density at radius 3 is 2.52 bits per heavy atom. The van der Waals surface area contributed by atoms with Gasteiger partial charge in [-0.3, -0.25) is 0 Å². The minimum atomic E-state index is -0.169. The van der Waals surface area contributed by atoms with Gasteiger partial charge < -0.3 is 14.9 Å². The number of rotatable bonds is 6. The number of halogens is 1. The van der Waals surface area contributed by atoms with Gasteiger partial charge in [-0.1, -0.05) is 47.1 Å². The van der Waals surface area contributed by atoms with Crippen LogP contribution in [0.1, 0.15) is 22.9 Å². The predicted molar refractivity (Wildman–Crippen MR) is 90.7 cm³/mol. The number of aliphatic hydroxyl groups excluding tert-OH is 1. The maximum atomic E-state index is 9.23. The third-order valence-corrected chi connectivity index (χ3v) is 3.87. The van der Waals surface area contributed by atoms with Gasteiger partial charge >= 0.3 is 0 Å². The summed E-state index contributed by atoms with van der Waals surface area (Å²) in [5.74, 6) is 0. The number of nitrogens with one attached hydrogen (secondary N) is 1. The van der Waals surface area contributed by atoms with Gasteiger partial charge in [0.2, 0.25) is 0 Å². The van der Waals surface area contributed by atoms with Crippen molar-refractivity contribution in [2.75, 3.05) is 11.9 Å². The van der Waals surface area contributed by atoms with Gasteiger partial charge in [0.05, 0.1) is 6.04 Å². The van der Waals surface area contributed by atoms with Crippen LogP contribution in [0.3, 0.4) is 0 Å². The molecule has 0 saturated carbocycles. The average Bonchev–Trinajstić information content (AvgIpc) is 3.03. The first-order valence-corrected chi connectivity index (χ1v) is 7.77. The lowest BCUT2D eigenvalue weighted by Crippen LogP contribution is -2.15. The Labute approximate surface area is 139 Å². The van der Waals surface area contributed by atoms with E-state index in [4.69, 9.17) is 16.1 Å². The van der Waals surface area contributed by atoms with Crippen molar-refractivity contribution < 1.29 is 9.63 Å². The minimum Gasteiger partial charge on any atom is -0.396 e. The number of benzene rings is 2. The topological polar surface area (TPSA) is 58.3 Å². The highest BCUT2D eigenvalue weighted by Crippen LogP contribution is 2.28. The third-order valence-electron chi connectivity index (χ3n) is 3.62. The number of aromatic nitrogens is 1. The maximum Gasteiger partial charge on any atom is 0.127 e. The summed E-state index contributed by atoms with van der Waals surface area (Å²) in [7, 11) is 0. The van der Waals surface area contributed by atoms with E-state index in [2.05, 4.69) is 10.5 Å². The van der Waals surface area contributed by atoms with E-state index < -0.39 is 0 Å². The van der Waals surface area contributed by atoms with Crippen molar-refractivity contribution >= 4 is 17.3 Å². The van der Waals surface area contributed by atoms with Crippen LogP contribution < -0.4 is 5.32 Å². The Morgan fingerprint density at radius 1 is 1.09 bits per heavy atom. The van der Waals surface area contributed by atoms with E-state index in [1.165, 1.54) is 0 Å². The summed E-state index contributed by atoms with van der Waals surface area (Å²) in [6.45, 7) is 0.0522. The molecule has 1 heterocycles. The Kier molecular flexibility index (Phi) is 4.95. The molecule has 1 unspecified atom stereocenters. The van der Waals surface area contributed by atoms with Crippen molar-refractivity contribution in [2.45, 2.75) is 12.5 Å². The smallest absolute Gasteiger partial charge is 0.127 e. The Bertz CT molecular complexity index is 741. The molecule has 0 aliphatic rings. The molecule has 2 aromatic carbocycles. The molecule has 0 saturated heterocycles. The van der Waals surface area contributed by atoms with Crippen molar-refractivity contribution in [3.8, 4) is 0 Å². The van der Waals surface area contributed by atoms with E-state index in [0.29, 0.717) is 11.4 Å². The van der Waals surface area contributed by atoms with E-state index in [1.807, 2.05) is 54.6 Å². The van der Waals surface area contributed by atoms with Crippen molar-refractivity contribution in [3.05, 3.63) is 82.7 Å². The zero-order valence-corrected chi connectivity index (χ0v) is 13.2. The Hall–Kier alpha value is -2.30. The van der Waals surface area contributed by atoms with Gasteiger partial charge in [0.25, 0.3) is 0 Å². The molecule has 0 aliphatic carbocycles. The number of nitrogens with zero attached hydrogens (tertiary/aromatic N) is 1. The molecule has 0 aliphatic heterocycles. The largest absolute Gasteiger partial charge is 0.396 e. The predicted octanol–water partition coefficient (Wildman–Crippen LogP) is 4.06. The summed E-state index contributed by atoms with van der Waals surface area (Å²) >= 11 is 5.95. The number of anilines is 1. The van der Waals surface area contributed by atoms with Crippen LogP contribution in [-0.4, -0.2) is 16.9 Å². The zero-order valence-electron chi connectivity index (χ0n) is 12.4. The van der Waals surface area contributed by atoms with Crippen LogP contribution in [0.2, 0.25) is 5.02 Å². The highest BCUT2D eigenvalue weighted by Gasteiger charge is 2.21. The van der Waals surface area contributed by atoms with Crippen LogP contribution in [-0.2, 0) is 6.42 Å². The Balaban J connectivity index is 1.97. The molecule has 5 heteroatoms. The molecule has 3 aromatic rings.